The van der Waals surface area contributed by atoms with Crippen LogP contribution < -0.4 is 15.4 Å². The van der Waals surface area contributed by atoms with E-state index in [1.165, 1.54) is 0 Å². The summed E-state index contributed by atoms with van der Waals surface area (Å²) in [6.45, 7) is 12.0. The van der Waals surface area contributed by atoms with E-state index in [-0.39, 0.29) is 29.4 Å². The molecule has 0 bridgehead atoms. The summed E-state index contributed by atoms with van der Waals surface area (Å²) in [6, 6.07) is 14.5. The van der Waals surface area contributed by atoms with Crippen LogP contribution in [0.4, 0.5) is 5.69 Å². The van der Waals surface area contributed by atoms with Gasteiger partial charge in [-0.3, -0.25) is 9.59 Å². The molecule has 0 unspecified atom stereocenters. The molecule has 28 heavy (non-hydrogen) atoms. The first-order chi connectivity index (χ1) is 13.0. The van der Waals surface area contributed by atoms with Crippen LogP contribution >= 0.6 is 0 Å². The molecular weight excluding hydrogens is 352 g/mol. The van der Waals surface area contributed by atoms with Crippen LogP contribution in [0.2, 0.25) is 0 Å². The molecule has 0 aromatic heterocycles. The van der Waals surface area contributed by atoms with Crippen molar-refractivity contribution in [1.29, 1.82) is 0 Å². The molecule has 2 aromatic carbocycles. The molecule has 0 fully saturated rings. The van der Waals surface area contributed by atoms with Gasteiger partial charge in [0.05, 0.1) is 0 Å². The molecule has 5 heteroatoms. The van der Waals surface area contributed by atoms with Gasteiger partial charge < -0.3 is 15.4 Å². The molecule has 0 spiro atoms. The van der Waals surface area contributed by atoms with Gasteiger partial charge in [-0.05, 0) is 62.1 Å². The second-order valence-corrected chi connectivity index (χ2v) is 8.86. The molecule has 2 rings (SSSR count). The SMILES string of the molecule is CC(C)(C)NC(=O)c1ccc(NC(=O)COc2ccccc2C(C)(C)C)cc1. The van der Waals surface area contributed by atoms with Crippen molar-refractivity contribution in [2.24, 2.45) is 0 Å². The molecule has 2 amide bonds. The number of ether oxygens (including phenoxy) is 1. The first-order valence-corrected chi connectivity index (χ1v) is 9.40. The third-order valence-corrected chi connectivity index (χ3v) is 3.97. The highest BCUT2D eigenvalue weighted by Crippen LogP contribution is 2.30. The summed E-state index contributed by atoms with van der Waals surface area (Å²) in [6.07, 6.45) is 0. The summed E-state index contributed by atoms with van der Waals surface area (Å²) in [7, 11) is 0. The number of rotatable bonds is 5. The van der Waals surface area contributed by atoms with Crippen molar-refractivity contribution < 1.29 is 14.3 Å². The van der Waals surface area contributed by atoms with E-state index < -0.39 is 0 Å². The van der Waals surface area contributed by atoms with Crippen LogP contribution in [0.1, 0.15) is 57.5 Å². The van der Waals surface area contributed by atoms with Gasteiger partial charge in [-0.1, -0.05) is 39.0 Å². The van der Waals surface area contributed by atoms with Crippen molar-refractivity contribution in [3.05, 3.63) is 59.7 Å². The Morgan fingerprint density at radius 3 is 2.07 bits per heavy atom. The molecule has 5 nitrogen and oxygen atoms in total. The minimum atomic E-state index is -0.301. The highest BCUT2D eigenvalue weighted by molar-refractivity contribution is 5.96. The van der Waals surface area contributed by atoms with Crippen LogP contribution in [0.3, 0.4) is 0 Å². The number of nitrogens with one attached hydrogen (secondary N) is 2. The van der Waals surface area contributed by atoms with E-state index in [1.807, 2.05) is 45.0 Å². The molecular formula is C23H30N2O3. The molecule has 0 aliphatic carbocycles. The third kappa shape index (κ3) is 6.41. The number of hydrogen-bond donors (Lipinski definition) is 2. The maximum Gasteiger partial charge on any atom is 0.262 e. The van der Waals surface area contributed by atoms with Gasteiger partial charge >= 0.3 is 0 Å². The fourth-order valence-electron chi connectivity index (χ4n) is 2.67. The Bertz CT molecular complexity index is 828. The van der Waals surface area contributed by atoms with Crippen LogP contribution in [0, 0.1) is 0 Å². The largest absolute Gasteiger partial charge is 0.483 e. The lowest BCUT2D eigenvalue weighted by atomic mass is 9.86. The van der Waals surface area contributed by atoms with Gasteiger partial charge in [-0.15, -0.1) is 0 Å². The summed E-state index contributed by atoms with van der Waals surface area (Å²) >= 11 is 0. The Morgan fingerprint density at radius 2 is 1.50 bits per heavy atom. The summed E-state index contributed by atoms with van der Waals surface area (Å²) in [5.74, 6) is 0.308. The monoisotopic (exact) mass is 382 g/mol. The average molecular weight is 383 g/mol. The second kappa shape index (κ2) is 8.46. The molecule has 0 aliphatic heterocycles. The van der Waals surface area contributed by atoms with E-state index >= 15 is 0 Å². The predicted molar refractivity (Wildman–Crippen MR) is 113 cm³/mol. The quantitative estimate of drug-likeness (QED) is 0.798. The summed E-state index contributed by atoms with van der Waals surface area (Å²) < 4.78 is 5.74. The van der Waals surface area contributed by atoms with Crippen LogP contribution in [-0.2, 0) is 10.2 Å². The van der Waals surface area contributed by atoms with Crippen LogP contribution in [-0.4, -0.2) is 24.0 Å². The molecule has 0 heterocycles. The number of benzene rings is 2. The van der Waals surface area contributed by atoms with Crippen molar-refractivity contribution in [3.8, 4) is 5.75 Å². The standard InChI is InChI=1S/C23H30N2O3/c1-22(2,3)18-9-7-8-10-19(18)28-15-20(26)24-17-13-11-16(12-14-17)21(27)25-23(4,5)6/h7-14H,15H2,1-6H3,(H,24,26)(H,25,27). The summed E-state index contributed by atoms with van der Waals surface area (Å²) in [5.41, 5.74) is 1.84. The fraction of sp³-hybridized carbons (Fsp3) is 0.391. The first-order valence-electron chi connectivity index (χ1n) is 9.40. The van der Waals surface area contributed by atoms with Gasteiger partial charge in [0.15, 0.2) is 6.61 Å². The fourth-order valence-corrected chi connectivity index (χ4v) is 2.67. The Labute approximate surface area is 167 Å². The zero-order valence-electron chi connectivity index (χ0n) is 17.6. The van der Waals surface area contributed by atoms with E-state index in [0.717, 1.165) is 5.56 Å². The molecule has 0 saturated heterocycles. The van der Waals surface area contributed by atoms with E-state index in [0.29, 0.717) is 17.0 Å². The molecule has 2 N–H and O–H groups in total. The van der Waals surface area contributed by atoms with E-state index in [9.17, 15) is 9.59 Å². The van der Waals surface area contributed by atoms with Crippen molar-refractivity contribution in [3.63, 3.8) is 0 Å². The van der Waals surface area contributed by atoms with E-state index in [2.05, 4.69) is 31.4 Å². The van der Waals surface area contributed by atoms with Crippen LogP contribution in [0.5, 0.6) is 5.75 Å². The number of para-hydroxylation sites is 1. The van der Waals surface area contributed by atoms with Gasteiger partial charge in [0.1, 0.15) is 5.75 Å². The zero-order chi connectivity index (χ0) is 20.9. The minimum absolute atomic E-state index is 0.0729. The minimum Gasteiger partial charge on any atom is -0.483 e. The molecule has 2 aromatic rings. The highest BCUT2D eigenvalue weighted by Gasteiger charge is 2.19. The topological polar surface area (TPSA) is 67.4 Å². The lowest BCUT2D eigenvalue weighted by molar-refractivity contribution is -0.118. The molecule has 0 saturated carbocycles. The van der Waals surface area contributed by atoms with Crippen molar-refractivity contribution in [1.82, 2.24) is 5.32 Å². The molecule has 0 radical (unpaired) electrons. The van der Waals surface area contributed by atoms with Gasteiger partial charge in [0.2, 0.25) is 0 Å². The average Bonchev–Trinajstić information content (AvgIpc) is 2.58. The first kappa shape index (κ1) is 21.5. The van der Waals surface area contributed by atoms with Gasteiger partial charge in [0, 0.05) is 16.8 Å². The van der Waals surface area contributed by atoms with Crippen LogP contribution in [0.15, 0.2) is 48.5 Å². The lowest BCUT2D eigenvalue weighted by Gasteiger charge is -2.22. The number of hydrogen-bond acceptors (Lipinski definition) is 3. The number of carbonyl (C=O) groups is 2. The zero-order valence-corrected chi connectivity index (χ0v) is 17.6. The van der Waals surface area contributed by atoms with Gasteiger partial charge in [-0.25, -0.2) is 0 Å². The van der Waals surface area contributed by atoms with Gasteiger partial charge in [-0.2, -0.15) is 0 Å². The predicted octanol–water partition coefficient (Wildman–Crippen LogP) is 4.53. The third-order valence-electron chi connectivity index (χ3n) is 3.97. The Hall–Kier alpha value is -2.82. The number of anilines is 1. The Kier molecular flexibility index (Phi) is 6.49. The normalized spacial score (nSPS) is 11.6. The molecule has 0 atom stereocenters. The number of carbonyl (C=O) groups excluding carboxylic acids is 2. The maximum atomic E-state index is 12.2. The second-order valence-electron chi connectivity index (χ2n) is 8.86. The van der Waals surface area contributed by atoms with Gasteiger partial charge in [0.25, 0.3) is 11.8 Å². The van der Waals surface area contributed by atoms with Crippen LogP contribution in [0.25, 0.3) is 0 Å². The maximum absolute atomic E-state index is 12.2. The van der Waals surface area contributed by atoms with E-state index in [4.69, 9.17) is 4.74 Å². The molecule has 0 aliphatic rings. The van der Waals surface area contributed by atoms with Crippen molar-refractivity contribution >= 4 is 17.5 Å². The smallest absolute Gasteiger partial charge is 0.262 e. The Balaban J connectivity index is 1.95. The van der Waals surface area contributed by atoms with Crippen molar-refractivity contribution in [2.75, 3.05) is 11.9 Å². The lowest BCUT2D eigenvalue weighted by Crippen LogP contribution is -2.40. The highest BCUT2D eigenvalue weighted by atomic mass is 16.5. The Morgan fingerprint density at radius 1 is 0.893 bits per heavy atom. The number of amides is 2. The summed E-state index contributed by atoms with van der Waals surface area (Å²) in [5, 5.41) is 5.69. The summed E-state index contributed by atoms with van der Waals surface area (Å²) in [4.78, 5) is 24.4. The molecule has 150 valence electrons. The van der Waals surface area contributed by atoms with Crippen molar-refractivity contribution in [2.45, 2.75) is 52.5 Å². The van der Waals surface area contributed by atoms with E-state index in [1.54, 1.807) is 24.3 Å².